The van der Waals surface area contributed by atoms with Gasteiger partial charge in [-0.3, -0.25) is 9.59 Å². The van der Waals surface area contributed by atoms with Crippen LogP contribution in [-0.4, -0.2) is 41.3 Å². The number of carbonyl (C=O) groups excluding carboxylic acids is 2. The summed E-state index contributed by atoms with van der Waals surface area (Å²) in [6, 6.07) is 15.7. The zero-order valence-electron chi connectivity index (χ0n) is 16.9. The smallest absolute Gasteiger partial charge is 0.227 e. The fourth-order valence-corrected chi connectivity index (χ4v) is 4.22. The molecule has 2 amide bonds. The van der Waals surface area contributed by atoms with Gasteiger partial charge in [0.15, 0.2) is 0 Å². The molecule has 4 rings (SSSR count). The highest BCUT2D eigenvalue weighted by Gasteiger charge is 2.28. The Morgan fingerprint density at radius 2 is 1.93 bits per heavy atom. The average molecular weight is 424 g/mol. The number of aromatic amines is 1. The van der Waals surface area contributed by atoms with Crippen LogP contribution in [0.3, 0.4) is 0 Å². The number of nitrogens with zero attached hydrogens (tertiary/aromatic N) is 1. The van der Waals surface area contributed by atoms with E-state index in [0.29, 0.717) is 24.5 Å². The largest absolute Gasteiger partial charge is 0.361 e. The summed E-state index contributed by atoms with van der Waals surface area (Å²) in [5.41, 5.74) is 3.18. The van der Waals surface area contributed by atoms with Gasteiger partial charge in [-0.25, -0.2) is 0 Å². The standard InChI is InChI=1S/C24H26ClN3O2/c25-20-9-7-17(8-10-20)11-12-26-24(30)18-4-3-13-28(16-18)23(29)14-19-15-27-22-6-2-1-5-21(19)22/h1-2,5-10,15,18,27H,3-4,11-14,16H2,(H,26,30). The molecule has 1 saturated heterocycles. The van der Waals surface area contributed by atoms with Crippen molar-refractivity contribution < 1.29 is 9.59 Å². The van der Waals surface area contributed by atoms with Crippen LogP contribution in [0.2, 0.25) is 5.02 Å². The van der Waals surface area contributed by atoms with Crippen molar-refractivity contribution in [2.24, 2.45) is 5.92 Å². The molecule has 1 aliphatic heterocycles. The molecular formula is C24H26ClN3O2. The summed E-state index contributed by atoms with van der Waals surface area (Å²) < 4.78 is 0. The molecule has 3 aromatic rings. The van der Waals surface area contributed by atoms with E-state index in [4.69, 9.17) is 11.6 Å². The summed E-state index contributed by atoms with van der Waals surface area (Å²) in [5.74, 6) is -0.0251. The van der Waals surface area contributed by atoms with E-state index in [0.717, 1.165) is 47.8 Å². The predicted molar refractivity (Wildman–Crippen MR) is 119 cm³/mol. The Morgan fingerprint density at radius 1 is 1.13 bits per heavy atom. The Labute approximate surface area is 181 Å². The van der Waals surface area contributed by atoms with Gasteiger partial charge in [0.25, 0.3) is 0 Å². The summed E-state index contributed by atoms with van der Waals surface area (Å²) >= 11 is 5.91. The number of rotatable bonds is 6. The predicted octanol–water partition coefficient (Wildman–Crippen LogP) is 3.96. The molecule has 156 valence electrons. The monoisotopic (exact) mass is 423 g/mol. The highest BCUT2D eigenvalue weighted by molar-refractivity contribution is 6.30. The third-order valence-corrected chi connectivity index (χ3v) is 6.04. The first-order valence-corrected chi connectivity index (χ1v) is 10.8. The SMILES string of the molecule is O=C(NCCc1ccc(Cl)cc1)C1CCCN(C(=O)Cc2c[nH]c3ccccc23)C1. The topological polar surface area (TPSA) is 65.2 Å². The van der Waals surface area contributed by atoms with Crippen LogP contribution in [0.5, 0.6) is 0 Å². The minimum absolute atomic E-state index is 0.0357. The van der Waals surface area contributed by atoms with Gasteiger partial charge in [0.2, 0.25) is 11.8 Å². The summed E-state index contributed by atoms with van der Waals surface area (Å²) in [6.45, 7) is 1.80. The van der Waals surface area contributed by atoms with E-state index in [1.165, 1.54) is 0 Å². The number of likely N-dealkylation sites (tertiary alicyclic amines) is 1. The van der Waals surface area contributed by atoms with Crippen molar-refractivity contribution in [3.8, 4) is 0 Å². The Hall–Kier alpha value is -2.79. The highest BCUT2D eigenvalue weighted by Crippen LogP contribution is 2.21. The summed E-state index contributed by atoms with van der Waals surface area (Å²) in [7, 11) is 0. The zero-order valence-corrected chi connectivity index (χ0v) is 17.6. The van der Waals surface area contributed by atoms with Gasteiger partial charge in [0.05, 0.1) is 12.3 Å². The Kier molecular flexibility index (Phi) is 6.38. The maximum absolute atomic E-state index is 12.9. The van der Waals surface area contributed by atoms with E-state index in [2.05, 4.69) is 10.3 Å². The number of aromatic nitrogens is 1. The lowest BCUT2D eigenvalue weighted by molar-refractivity contribution is -0.135. The van der Waals surface area contributed by atoms with Crippen molar-refractivity contribution in [1.82, 2.24) is 15.2 Å². The van der Waals surface area contributed by atoms with E-state index < -0.39 is 0 Å². The highest BCUT2D eigenvalue weighted by atomic mass is 35.5. The van der Waals surface area contributed by atoms with Gasteiger partial charge in [-0.15, -0.1) is 0 Å². The number of benzene rings is 2. The first-order valence-electron chi connectivity index (χ1n) is 10.4. The summed E-state index contributed by atoms with van der Waals surface area (Å²) in [5, 5.41) is 4.82. The fraction of sp³-hybridized carbons (Fsp3) is 0.333. The molecule has 0 bridgehead atoms. The molecule has 0 spiro atoms. The maximum Gasteiger partial charge on any atom is 0.227 e. The number of fused-ring (bicyclic) bond motifs is 1. The zero-order chi connectivity index (χ0) is 20.9. The van der Waals surface area contributed by atoms with Crippen LogP contribution in [0.15, 0.2) is 54.7 Å². The van der Waals surface area contributed by atoms with Crippen LogP contribution in [0, 0.1) is 5.92 Å². The molecule has 0 radical (unpaired) electrons. The molecule has 0 saturated carbocycles. The van der Waals surface area contributed by atoms with Gasteiger partial charge in [0, 0.05) is 41.8 Å². The van der Waals surface area contributed by atoms with Gasteiger partial charge in [-0.1, -0.05) is 41.9 Å². The molecule has 1 aliphatic rings. The van der Waals surface area contributed by atoms with E-state index in [-0.39, 0.29) is 17.7 Å². The Morgan fingerprint density at radius 3 is 2.77 bits per heavy atom. The minimum Gasteiger partial charge on any atom is -0.361 e. The third kappa shape index (κ3) is 4.85. The molecule has 1 unspecified atom stereocenters. The molecule has 1 atom stereocenters. The van der Waals surface area contributed by atoms with Crippen LogP contribution < -0.4 is 5.32 Å². The van der Waals surface area contributed by atoms with E-state index >= 15 is 0 Å². The van der Waals surface area contributed by atoms with Crippen LogP contribution in [0.1, 0.15) is 24.0 Å². The van der Waals surface area contributed by atoms with E-state index in [9.17, 15) is 9.59 Å². The maximum atomic E-state index is 12.9. The molecule has 1 aromatic heterocycles. The molecule has 2 N–H and O–H groups in total. The quantitative estimate of drug-likeness (QED) is 0.630. The van der Waals surface area contributed by atoms with Crippen molar-refractivity contribution in [3.05, 3.63) is 70.9 Å². The van der Waals surface area contributed by atoms with Crippen LogP contribution in [0.4, 0.5) is 0 Å². The normalized spacial score (nSPS) is 16.6. The fourth-order valence-electron chi connectivity index (χ4n) is 4.10. The average Bonchev–Trinajstić information content (AvgIpc) is 3.18. The lowest BCUT2D eigenvalue weighted by Crippen LogP contribution is -2.46. The summed E-state index contributed by atoms with van der Waals surface area (Å²) in [4.78, 5) is 30.6. The molecular weight excluding hydrogens is 398 g/mol. The Balaban J connectivity index is 1.29. The van der Waals surface area contributed by atoms with Crippen LogP contribution in [0.25, 0.3) is 10.9 Å². The lowest BCUT2D eigenvalue weighted by atomic mass is 9.96. The number of hydrogen-bond donors (Lipinski definition) is 2. The first-order chi connectivity index (χ1) is 14.6. The number of carbonyl (C=O) groups is 2. The number of para-hydroxylation sites is 1. The van der Waals surface area contributed by atoms with Crippen molar-refractivity contribution in [3.63, 3.8) is 0 Å². The van der Waals surface area contributed by atoms with Crippen molar-refractivity contribution >= 4 is 34.3 Å². The Bertz CT molecular complexity index is 1030. The number of hydrogen-bond acceptors (Lipinski definition) is 2. The molecule has 5 nitrogen and oxygen atoms in total. The van der Waals surface area contributed by atoms with E-state index in [1.807, 2.05) is 59.6 Å². The first kappa shape index (κ1) is 20.5. The third-order valence-electron chi connectivity index (χ3n) is 5.79. The molecule has 1 fully saturated rings. The van der Waals surface area contributed by atoms with E-state index in [1.54, 1.807) is 0 Å². The summed E-state index contributed by atoms with van der Waals surface area (Å²) in [6.07, 6.45) is 4.71. The second kappa shape index (κ2) is 9.35. The van der Waals surface area contributed by atoms with Gasteiger partial charge < -0.3 is 15.2 Å². The van der Waals surface area contributed by atoms with Crippen LogP contribution >= 0.6 is 11.6 Å². The van der Waals surface area contributed by atoms with Gasteiger partial charge in [-0.2, -0.15) is 0 Å². The molecule has 0 aliphatic carbocycles. The number of nitrogens with one attached hydrogen (secondary N) is 2. The van der Waals surface area contributed by atoms with Gasteiger partial charge in [-0.05, 0) is 48.6 Å². The van der Waals surface area contributed by atoms with Crippen molar-refractivity contribution in [2.75, 3.05) is 19.6 Å². The molecule has 6 heteroatoms. The second-order valence-corrected chi connectivity index (χ2v) is 8.32. The van der Waals surface area contributed by atoms with Crippen molar-refractivity contribution in [2.45, 2.75) is 25.7 Å². The lowest BCUT2D eigenvalue weighted by Gasteiger charge is -2.32. The minimum atomic E-state index is -0.143. The molecule has 2 aromatic carbocycles. The number of H-pyrrole nitrogens is 1. The molecule has 2 heterocycles. The van der Waals surface area contributed by atoms with Gasteiger partial charge >= 0.3 is 0 Å². The number of amides is 2. The van der Waals surface area contributed by atoms with Gasteiger partial charge in [0.1, 0.15) is 0 Å². The van der Waals surface area contributed by atoms with Crippen molar-refractivity contribution in [1.29, 1.82) is 0 Å². The number of halogens is 1. The molecule has 30 heavy (non-hydrogen) atoms. The second-order valence-electron chi connectivity index (χ2n) is 7.88. The van der Waals surface area contributed by atoms with Crippen LogP contribution in [-0.2, 0) is 22.4 Å². The number of piperidine rings is 1.